The molecule has 368 valence electrons. The van der Waals surface area contributed by atoms with E-state index in [9.17, 15) is 22.8 Å². The van der Waals surface area contributed by atoms with E-state index < -0.39 is 39.8 Å². The number of halogens is 1. The number of benzene rings is 6. The van der Waals surface area contributed by atoms with Gasteiger partial charge in [-0.1, -0.05) is 91.0 Å². The van der Waals surface area contributed by atoms with Crippen molar-refractivity contribution in [2.24, 2.45) is 7.05 Å². The standard InChI is InChI=1S/C54H50FN7O9S/c1-59-45-30-41(19-21-43(45)62(53(59)65)44-22-23-49(70-34-37-14-8-4-9-15-37)57-52(44)71-35-38-16-10-5-11-17-38)60-26-24-54(68-2,25-27-60)31-47(63)56-40-18-20-42-39(28-40)29-46(69-33-36-12-6-3-7-13-36)51(50(42)55)61-32-48(64)58-72(61,66)67/h3-23,28-30H,24-27,31-35H2,1-2H3,(H,56,63)(H,58,64). The third kappa shape index (κ3) is 9.78. The highest BCUT2D eigenvalue weighted by molar-refractivity contribution is 7.92. The van der Waals surface area contributed by atoms with Crippen molar-refractivity contribution >= 4 is 60.9 Å². The second kappa shape index (κ2) is 19.9. The Morgan fingerprint density at radius 1 is 0.764 bits per heavy atom. The molecule has 2 amide bonds. The summed E-state index contributed by atoms with van der Waals surface area (Å²) < 4.78 is 72.4. The topological polar surface area (TPSA) is 176 Å². The number of amides is 2. The van der Waals surface area contributed by atoms with Crippen LogP contribution in [0.4, 0.5) is 21.5 Å². The maximum atomic E-state index is 16.4. The summed E-state index contributed by atoms with van der Waals surface area (Å²) in [6, 6.07) is 44.0. The number of aromatic nitrogens is 3. The van der Waals surface area contributed by atoms with Gasteiger partial charge in [0.05, 0.1) is 23.1 Å². The number of ether oxygens (including phenoxy) is 4. The van der Waals surface area contributed by atoms with Gasteiger partial charge >= 0.3 is 15.9 Å². The zero-order valence-corrected chi connectivity index (χ0v) is 40.2. The van der Waals surface area contributed by atoms with E-state index in [1.54, 1.807) is 41.5 Å². The first-order valence-electron chi connectivity index (χ1n) is 23.3. The first-order chi connectivity index (χ1) is 34.9. The highest BCUT2D eigenvalue weighted by Gasteiger charge is 2.39. The summed E-state index contributed by atoms with van der Waals surface area (Å²) in [5.74, 6) is -1.51. The second-order valence-electron chi connectivity index (χ2n) is 17.8. The lowest BCUT2D eigenvalue weighted by Crippen LogP contribution is -2.47. The molecule has 0 bridgehead atoms. The molecule has 2 aliphatic rings. The van der Waals surface area contributed by atoms with Crippen LogP contribution in [0.1, 0.15) is 36.0 Å². The number of pyridine rings is 1. The van der Waals surface area contributed by atoms with Gasteiger partial charge in [0.25, 0.3) is 5.91 Å². The summed E-state index contributed by atoms with van der Waals surface area (Å²) in [4.78, 5) is 47.0. The smallest absolute Gasteiger partial charge is 0.333 e. The molecule has 0 saturated carbocycles. The number of hydrogen-bond donors (Lipinski definition) is 2. The first-order valence-corrected chi connectivity index (χ1v) is 24.7. The molecule has 2 aromatic heterocycles. The molecule has 0 unspecified atom stereocenters. The number of aryl methyl sites for hydroxylation is 1. The van der Waals surface area contributed by atoms with Gasteiger partial charge in [-0.2, -0.15) is 13.4 Å². The molecule has 18 heteroatoms. The number of carbonyl (C=O) groups is 2. The van der Waals surface area contributed by atoms with Gasteiger partial charge in [-0.25, -0.2) is 18.2 Å². The van der Waals surface area contributed by atoms with Crippen LogP contribution in [0.3, 0.4) is 0 Å². The van der Waals surface area contributed by atoms with Gasteiger partial charge < -0.3 is 29.2 Å². The minimum atomic E-state index is -4.37. The molecule has 72 heavy (non-hydrogen) atoms. The number of piperidine rings is 1. The fourth-order valence-corrected chi connectivity index (χ4v) is 10.4. The summed E-state index contributed by atoms with van der Waals surface area (Å²) in [5, 5.41) is 3.34. The predicted molar refractivity (Wildman–Crippen MR) is 271 cm³/mol. The van der Waals surface area contributed by atoms with E-state index >= 15 is 4.39 Å². The highest BCUT2D eigenvalue weighted by Crippen LogP contribution is 2.41. The van der Waals surface area contributed by atoms with Crippen LogP contribution in [-0.2, 0) is 51.4 Å². The van der Waals surface area contributed by atoms with E-state index in [2.05, 4.69) is 10.2 Å². The normalized spacial score (nSPS) is 15.1. The van der Waals surface area contributed by atoms with Crippen LogP contribution < -0.4 is 39.1 Å². The van der Waals surface area contributed by atoms with E-state index in [0.717, 1.165) is 22.4 Å². The monoisotopic (exact) mass is 991 g/mol. The fraction of sp³-hybridized carbons (Fsp3) is 0.222. The van der Waals surface area contributed by atoms with Crippen LogP contribution in [0.15, 0.2) is 150 Å². The second-order valence-corrected chi connectivity index (χ2v) is 19.4. The fourth-order valence-electron chi connectivity index (χ4n) is 9.24. The highest BCUT2D eigenvalue weighted by atomic mass is 32.2. The number of fused-ring (bicyclic) bond motifs is 2. The van der Waals surface area contributed by atoms with Crippen molar-refractivity contribution in [2.45, 2.75) is 44.7 Å². The van der Waals surface area contributed by atoms with Crippen molar-refractivity contribution < 1.29 is 41.3 Å². The minimum absolute atomic E-state index is 0.00485. The Bertz CT molecular complexity index is 3490. The van der Waals surface area contributed by atoms with Crippen molar-refractivity contribution in [2.75, 3.05) is 41.3 Å². The number of imidazole rings is 1. The zero-order chi connectivity index (χ0) is 50.0. The van der Waals surface area contributed by atoms with E-state index in [1.165, 1.54) is 18.2 Å². The zero-order valence-electron chi connectivity index (χ0n) is 39.4. The van der Waals surface area contributed by atoms with Gasteiger partial charge in [0.15, 0.2) is 5.82 Å². The lowest BCUT2D eigenvalue weighted by atomic mass is 9.87. The van der Waals surface area contributed by atoms with Crippen LogP contribution in [-0.4, -0.2) is 66.7 Å². The summed E-state index contributed by atoms with van der Waals surface area (Å²) in [6.07, 6.45) is 1.08. The average molecular weight is 992 g/mol. The SMILES string of the molecule is COC1(CC(=O)Nc2ccc3c(F)c(N4CC(=O)NS4(=O)=O)c(OCc4ccccc4)cc3c2)CCN(c2ccc3c(c2)n(C)c(=O)n3-c2ccc(OCc3ccccc3)nc2OCc2ccccc2)CC1. The molecular weight excluding hydrogens is 942 g/mol. The number of anilines is 3. The Labute approximate surface area is 414 Å². The Morgan fingerprint density at radius 2 is 1.40 bits per heavy atom. The quantitative estimate of drug-likeness (QED) is 0.0962. The molecule has 8 aromatic rings. The maximum Gasteiger partial charge on any atom is 0.333 e. The van der Waals surface area contributed by atoms with Gasteiger partial charge in [-0.3, -0.25) is 18.7 Å². The van der Waals surface area contributed by atoms with E-state index in [1.807, 2.05) is 114 Å². The Morgan fingerprint density at radius 3 is 2.03 bits per heavy atom. The Kier molecular flexibility index (Phi) is 13.1. The van der Waals surface area contributed by atoms with Crippen LogP contribution in [0, 0.1) is 5.82 Å². The largest absolute Gasteiger partial charge is 0.487 e. The number of methoxy groups -OCH3 is 1. The molecule has 16 nitrogen and oxygen atoms in total. The van der Waals surface area contributed by atoms with Gasteiger partial charge in [-0.05, 0) is 83.4 Å². The molecule has 6 aromatic carbocycles. The van der Waals surface area contributed by atoms with Gasteiger partial charge in [0.2, 0.25) is 17.7 Å². The van der Waals surface area contributed by atoms with Crippen LogP contribution in [0.25, 0.3) is 27.5 Å². The van der Waals surface area contributed by atoms with E-state index in [4.69, 9.17) is 23.9 Å². The molecule has 0 atom stereocenters. The first kappa shape index (κ1) is 47.5. The third-order valence-electron chi connectivity index (χ3n) is 13.1. The van der Waals surface area contributed by atoms with Gasteiger partial charge in [0, 0.05) is 50.1 Å². The van der Waals surface area contributed by atoms with Gasteiger partial charge in [0.1, 0.15) is 43.5 Å². The number of hydrogen-bond acceptors (Lipinski definition) is 11. The minimum Gasteiger partial charge on any atom is -0.487 e. The number of carbonyl (C=O) groups excluding carboxylic acids is 2. The van der Waals surface area contributed by atoms with E-state index in [-0.39, 0.29) is 48.2 Å². The van der Waals surface area contributed by atoms with Gasteiger partial charge in [-0.15, -0.1) is 0 Å². The van der Waals surface area contributed by atoms with Crippen LogP contribution >= 0.6 is 0 Å². The van der Waals surface area contributed by atoms with Crippen molar-refractivity contribution in [1.29, 1.82) is 0 Å². The maximum absolute atomic E-state index is 16.4. The summed E-state index contributed by atoms with van der Waals surface area (Å²) in [6.45, 7) is 1.04. The van der Waals surface area contributed by atoms with Crippen LogP contribution in [0.2, 0.25) is 0 Å². The molecule has 2 N–H and O–H groups in total. The number of nitrogens with zero attached hydrogens (tertiary/aromatic N) is 5. The van der Waals surface area contributed by atoms with E-state index in [0.29, 0.717) is 70.5 Å². The molecule has 0 spiro atoms. The Hall–Kier alpha value is -8.22. The predicted octanol–water partition coefficient (Wildman–Crippen LogP) is 7.95. The molecule has 0 aliphatic carbocycles. The lowest BCUT2D eigenvalue weighted by molar-refractivity contribution is -0.124. The number of nitrogens with one attached hydrogen (secondary N) is 2. The number of rotatable bonds is 16. The lowest BCUT2D eigenvalue weighted by Gasteiger charge is -2.41. The van der Waals surface area contributed by atoms with Crippen molar-refractivity contribution in [3.8, 4) is 23.2 Å². The summed E-state index contributed by atoms with van der Waals surface area (Å²) in [7, 11) is -1.04. The van der Waals surface area contributed by atoms with Crippen LogP contribution in [0.5, 0.6) is 17.5 Å². The van der Waals surface area contributed by atoms with Crippen molar-refractivity contribution in [3.63, 3.8) is 0 Å². The average Bonchev–Trinajstić information content (AvgIpc) is 3.81. The molecule has 10 rings (SSSR count). The molecule has 2 aliphatic heterocycles. The molecule has 2 saturated heterocycles. The van der Waals surface area contributed by atoms with Crippen molar-refractivity contribution in [3.05, 3.63) is 179 Å². The summed E-state index contributed by atoms with van der Waals surface area (Å²) >= 11 is 0. The molecule has 4 heterocycles. The summed E-state index contributed by atoms with van der Waals surface area (Å²) in [5.41, 5.74) is 4.33. The molecule has 0 radical (unpaired) electrons. The Balaban J connectivity index is 0.845. The van der Waals surface area contributed by atoms with Crippen molar-refractivity contribution in [1.82, 2.24) is 18.8 Å². The molecular formula is C54H50FN7O9S. The third-order valence-corrected chi connectivity index (χ3v) is 14.5. The molecule has 2 fully saturated rings.